The summed E-state index contributed by atoms with van der Waals surface area (Å²) in [5.41, 5.74) is 1.69. The average Bonchev–Trinajstić information content (AvgIpc) is 3.22. The van der Waals surface area contributed by atoms with Gasteiger partial charge in [-0.05, 0) is 31.0 Å². The van der Waals surface area contributed by atoms with Crippen LogP contribution in [0.15, 0.2) is 41.2 Å². The van der Waals surface area contributed by atoms with Gasteiger partial charge < -0.3 is 23.9 Å². The molecule has 1 aromatic heterocycles. The third-order valence-electron chi connectivity index (χ3n) is 4.84. The van der Waals surface area contributed by atoms with Gasteiger partial charge in [-0.3, -0.25) is 9.69 Å². The Morgan fingerprint density at radius 1 is 1.25 bits per heavy atom. The smallest absolute Gasteiger partial charge is 0.255 e. The molecule has 1 aliphatic heterocycles. The topological polar surface area (TPSA) is 73.2 Å². The predicted molar refractivity (Wildman–Crippen MR) is 105 cm³/mol. The summed E-state index contributed by atoms with van der Waals surface area (Å²) < 4.78 is 21.7. The average molecular weight is 388 g/mol. The second kappa shape index (κ2) is 10.1. The first kappa shape index (κ1) is 20.2. The summed E-state index contributed by atoms with van der Waals surface area (Å²) >= 11 is 0. The van der Waals surface area contributed by atoms with E-state index >= 15 is 0 Å². The Labute approximate surface area is 165 Å². The zero-order chi connectivity index (χ0) is 19.8. The third kappa shape index (κ3) is 5.50. The van der Waals surface area contributed by atoms with Crippen LogP contribution in [-0.2, 0) is 11.3 Å². The number of methoxy groups -OCH3 is 2. The van der Waals surface area contributed by atoms with Crippen LogP contribution in [0, 0.1) is 0 Å². The van der Waals surface area contributed by atoms with Gasteiger partial charge in [0.25, 0.3) is 5.91 Å². The lowest BCUT2D eigenvalue weighted by Gasteiger charge is -2.32. The van der Waals surface area contributed by atoms with E-state index in [1.807, 2.05) is 6.07 Å². The minimum atomic E-state index is -0.174. The summed E-state index contributed by atoms with van der Waals surface area (Å²) in [4.78, 5) is 14.9. The summed E-state index contributed by atoms with van der Waals surface area (Å²) in [5, 5.41) is 2.84. The van der Waals surface area contributed by atoms with Gasteiger partial charge in [-0.25, -0.2) is 0 Å². The maximum Gasteiger partial charge on any atom is 0.255 e. The standard InChI is InChI=1S/C21H28N2O5/c1-25-12-8-22-21(24)19-4-3-18(26-2)13-20(19)28-17-5-9-23(10-6-17)14-16-7-11-27-15-16/h3-4,7,11,13,15,17H,5-6,8-10,12,14H2,1-2H3,(H,22,24). The van der Waals surface area contributed by atoms with Crippen molar-refractivity contribution in [2.75, 3.05) is 40.5 Å². The summed E-state index contributed by atoms with van der Waals surface area (Å²) in [6.07, 6.45) is 5.36. The number of ether oxygens (including phenoxy) is 3. The Hall–Kier alpha value is -2.51. The van der Waals surface area contributed by atoms with E-state index in [-0.39, 0.29) is 12.0 Å². The Morgan fingerprint density at radius 2 is 2.07 bits per heavy atom. The molecule has 0 aliphatic carbocycles. The van der Waals surface area contributed by atoms with Gasteiger partial charge in [0.2, 0.25) is 0 Å². The summed E-state index contributed by atoms with van der Waals surface area (Å²) in [5.74, 6) is 1.05. The van der Waals surface area contributed by atoms with E-state index < -0.39 is 0 Å². The van der Waals surface area contributed by atoms with Gasteiger partial charge in [-0.2, -0.15) is 0 Å². The van der Waals surface area contributed by atoms with Crippen molar-refractivity contribution in [2.45, 2.75) is 25.5 Å². The lowest BCUT2D eigenvalue weighted by atomic mass is 10.1. The fourth-order valence-corrected chi connectivity index (χ4v) is 3.28. The SMILES string of the molecule is COCCNC(=O)c1ccc(OC)cc1OC1CCN(Cc2ccoc2)CC1. The third-order valence-corrected chi connectivity index (χ3v) is 4.84. The van der Waals surface area contributed by atoms with Crippen molar-refractivity contribution in [2.24, 2.45) is 0 Å². The van der Waals surface area contributed by atoms with Crippen LogP contribution >= 0.6 is 0 Å². The molecule has 2 aromatic rings. The number of rotatable bonds is 9. The van der Waals surface area contributed by atoms with Crippen molar-refractivity contribution in [3.8, 4) is 11.5 Å². The largest absolute Gasteiger partial charge is 0.497 e. The number of furan rings is 1. The van der Waals surface area contributed by atoms with Crippen LogP contribution in [0.3, 0.4) is 0 Å². The molecular weight excluding hydrogens is 360 g/mol. The zero-order valence-electron chi connectivity index (χ0n) is 16.5. The quantitative estimate of drug-likeness (QED) is 0.666. The molecule has 152 valence electrons. The first-order valence-electron chi connectivity index (χ1n) is 9.55. The van der Waals surface area contributed by atoms with E-state index in [1.165, 1.54) is 5.56 Å². The van der Waals surface area contributed by atoms with Gasteiger partial charge in [-0.1, -0.05) is 0 Å². The fraction of sp³-hybridized carbons (Fsp3) is 0.476. The lowest BCUT2D eigenvalue weighted by molar-refractivity contribution is 0.0881. The van der Waals surface area contributed by atoms with Gasteiger partial charge in [0.15, 0.2) is 0 Å². The number of hydrogen-bond acceptors (Lipinski definition) is 6. The van der Waals surface area contributed by atoms with Crippen molar-refractivity contribution < 1.29 is 23.4 Å². The number of hydrogen-bond donors (Lipinski definition) is 1. The lowest BCUT2D eigenvalue weighted by Crippen LogP contribution is -2.38. The minimum absolute atomic E-state index is 0.0678. The highest BCUT2D eigenvalue weighted by molar-refractivity contribution is 5.97. The van der Waals surface area contributed by atoms with Crippen LogP contribution in [0.25, 0.3) is 0 Å². The predicted octanol–water partition coefficient (Wildman–Crippen LogP) is 2.71. The number of carbonyl (C=O) groups is 1. The monoisotopic (exact) mass is 388 g/mol. The van der Waals surface area contributed by atoms with Crippen LogP contribution in [0.1, 0.15) is 28.8 Å². The van der Waals surface area contributed by atoms with Crippen LogP contribution in [0.4, 0.5) is 0 Å². The number of nitrogens with one attached hydrogen (secondary N) is 1. The van der Waals surface area contributed by atoms with Crippen molar-refractivity contribution in [3.05, 3.63) is 47.9 Å². The maximum absolute atomic E-state index is 12.5. The Morgan fingerprint density at radius 3 is 2.75 bits per heavy atom. The molecular formula is C21H28N2O5. The van der Waals surface area contributed by atoms with Gasteiger partial charge >= 0.3 is 0 Å². The molecule has 1 aromatic carbocycles. The van der Waals surface area contributed by atoms with Gasteiger partial charge in [0.05, 0.1) is 31.8 Å². The molecule has 0 saturated carbocycles. The van der Waals surface area contributed by atoms with E-state index in [2.05, 4.69) is 10.2 Å². The molecule has 1 aliphatic rings. The molecule has 7 heteroatoms. The number of likely N-dealkylation sites (tertiary alicyclic amines) is 1. The van der Waals surface area contributed by atoms with Gasteiger partial charge in [-0.15, -0.1) is 0 Å². The Balaban J connectivity index is 1.60. The van der Waals surface area contributed by atoms with Crippen LogP contribution in [0.2, 0.25) is 0 Å². The van der Waals surface area contributed by atoms with E-state index in [0.717, 1.165) is 32.5 Å². The summed E-state index contributed by atoms with van der Waals surface area (Å²) in [6, 6.07) is 7.28. The van der Waals surface area contributed by atoms with Crippen molar-refractivity contribution >= 4 is 5.91 Å². The fourth-order valence-electron chi connectivity index (χ4n) is 3.28. The van der Waals surface area contributed by atoms with Crippen LogP contribution in [0.5, 0.6) is 11.5 Å². The minimum Gasteiger partial charge on any atom is -0.497 e. The first-order chi connectivity index (χ1) is 13.7. The molecule has 0 unspecified atom stereocenters. The molecule has 1 N–H and O–H groups in total. The van der Waals surface area contributed by atoms with Crippen LogP contribution < -0.4 is 14.8 Å². The molecule has 1 fully saturated rings. The molecule has 1 amide bonds. The maximum atomic E-state index is 12.5. The van der Waals surface area contributed by atoms with E-state index in [0.29, 0.717) is 30.2 Å². The first-order valence-corrected chi connectivity index (χ1v) is 9.55. The molecule has 3 rings (SSSR count). The molecule has 0 radical (unpaired) electrons. The molecule has 2 heterocycles. The second-order valence-corrected chi connectivity index (χ2v) is 6.84. The highest BCUT2D eigenvalue weighted by Crippen LogP contribution is 2.28. The molecule has 0 bridgehead atoms. The van der Waals surface area contributed by atoms with Crippen molar-refractivity contribution in [3.63, 3.8) is 0 Å². The second-order valence-electron chi connectivity index (χ2n) is 6.84. The van der Waals surface area contributed by atoms with Crippen LogP contribution in [-0.4, -0.2) is 57.4 Å². The molecule has 0 spiro atoms. The van der Waals surface area contributed by atoms with E-state index in [9.17, 15) is 4.79 Å². The highest BCUT2D eigenvalue weighted by Gasteiger charge is 2.23. The van der Waals surface area contributed by atoms with Gasteiger partial charge in [0.1, 0.15) is 17.6 Å². The van der Waals surface area contributed by atoms with E-state index in [1.54, 1.807) is 44.9 Å². The van der Waals surface area contributed by atoms with E-state index in [4.69, 9.17) is 18.6 Å². The van der Waals surface area contributed by atoms with Gasteiger partial charge in [0, 0.05) is 44.9 Å². The molecule has 1 saturated heterocycles. The van der Waals surface area contributed by atoms with Crippen molar-refractivity contribution in [1.29, 1.82) is 0 Å². The Kier molecular flexibility index (Phi) is 7.33. The number of nitrogens with zero attached hydrogens (tertiary/aromatic N) is 1. The molecule has 7 nitrogen and oxygen atoms in total. The molecule has 0 atom stereocenters. The van der Waals surface area contributed by atoms with Crippen molar-refractivity contribution in [1.82, 2.24) is 10.2 Å². The molecule has 28 heavy (non-hydrogen) atoms. The number of amides is 1. The number of piperidine rings is 1. The summed E-state index contributed by atoms with van der Waals surface area (Å²) in [6.45, 7) is 3.68. The summed E-state index contributed by atoms with van der Waals surface area (Å²) in [7, 11) is 3.21. The highest BCUT2D eigenvalue weighted by atomic mass is 16.5. The number of benzene rings is 1. The number of carbonyl (C=O) groups excluding carboxylic acids is 1. The normalized spacial score (nSPS) is 15.4. The zero-order valence-corrected chi connectivity index (χ0v) is 16.5. The Bertz CT molecular complexity index is 739.